The van der Waals surface area contributed by atoms with Gasteiger partial charge in [-0.15, -0.1) is 5.10 Å². The molecule has 0 aliphatic heterocycles. The molecule has 5 heteroatoms. The van der Waals surface area contributed by atoms with Crippen LogP contribution < -0.4 is 0 Å². The van der Waals surface area contributed by atoms with Gasteiger partial charge in [0, 0.05) is 23.2 Å². The molecule has 0 aliphatic carbocycles. The monoisotopic (exact) mass is 221 g/mol. The van der Waals surface area contributed by atoms with Crippen LogP contribution >= 0.6 is 0 Å². The molecule has 0 unspecified atom stereocenters. The number of nitrogens with zero attached hydrogens (tertiary/aromatic N) is 5. The van der Waals surface area contributed by atoms with E-state index in [1.54, 1.807) is 23.2 Å². The van der Waals surface area contributed by atoms with Crippen LogP contribution in [0, 0.1) is 11.3 Å². The van der Waals surface area contributed by atoms with Gasteiger partial charge in [0.15, 0.2) is 5.82 Å². The highest BCUT2D eigenvalue weighted by Crippen LogP contribution is 2.19. The van der Waals surface area contributed by atoms with Crippen LogP contribution in [0.25, 0.3) is 16.6 Å². The molecule has 5 nitrogen and oxygen atoms in total. The van der Waals surface area contributed by atoms with Crippen LogP contribution in [0.2, 0.25) is 0 Å². The Bertz CT molecular complexity index is 718. The summed E-state index contributed by atoms with van der Waals surface area (Å²) in [5.41, 5.74) is 0. The number of nitriles is 1. The van der Waals surface area contributed by atoms with Gasteiger partial charge in [-0.25, -0.2) is 4.98 Å². The molecule has 3 aromatic rings. The van der Waals surface area contributed by atoms with Crippen LogP contribution in [0.3, 0.4) is 0 Å². The summed E-state index contributed by atoms with van der Waals surface area (Å²) < 4.78 is 1.63. The molecule has 17 heavy (non-hydrogen) atoms. The lowest BCUT2D eigenvalue weighted by atomic mass is 10.2. The summed E-state index contributed by atoms with van der Waals surface area (Å²) >= 11 is 0. The Morgan fingerprint density at radius 2 is 2.12 bits per heavy atom. The highest BCUT2D eigenvalue weighted by molar-refractivity contribution is 5.87. The second-order valence-electron chi connectivity index (χ2n) is 3.49. The minimum absolute atomic E-state index is 0.302. The molecule has 80 valence electrons. The lowest BCUT2D eigenvalue weighted by Crippen LogP contribution is -2.01. The summed E-state index contributed by atoms with van der Waals surface area (Å²) in [5.74, 6) is 0.924. The zero-order valence-electron chi connectivity index (χ0n) is 8.78. The highest BCUT2D eigenvalue weighted by atomic mass is 15.2. The van der Waals surface area contributed by atoms with Gasteiger partial charge >= 0.3 is 0 Å². The fourth-order valence-electron chi connectivity index (χ4n) is 1.75. The molecule has 3 rings (SSSR count). The van der Waals surface area contributed by atoms with E-state index in [-0.39, 0.29) is 0 Å². The number of hydrogen-bond donors (Lipinski definition) is 0. The maximum atomic E-state index is 8.96. The van der Waals surface area contributed by atoms with E-state index in [0.29, 0.717) is 11.6 Å². The minimum atomic E-state index is 0.302. The normalized spacial score (nSPS) is 10.3. The number of aromatic nitrogens is 4. The van der Waals surface area contributed by atoms with E-state index in [0.717, 1.165) is 10.8 Å². The third-order valence-corrected chi connectivity index (χ3v) is 2.52. The lowest BCUT2D eigenvalue weighted by Gasteiger charge is -2.05. The SMILES string of the molecule is N#Cc1nccn1-c1nncc2ccccc12. The second-order valence-corrected chi connectivity index (χ2v) is 3.49. The average molecular weight is 221 g/mol. The lowest BCUT2D eigenvalue weighted by molar-refractivity contribution is 0.915. The molecule has 0 saturated carbocycles. The standard InChI is InChI=1S/C12H7N5/c13-7-11-14-5-6-17(11)12-10-4-2-1-3-9(10)8-15-16-12/h1-6,8H. The molecule has 0 fully saturated rings. The van der Waals surface area contributed by atoms with Crippen molar-refractivity contribution in [3.8, 4) is 11.9 Å². The Balaban J connectivity index is 2.35. The number of fused-ring (bicyclic) bond motifs is 1. The predicted molar refractivity (Wildman–Crippen MR) is 61.4 cm³/mol. The highest BCUT2D eigenvalue weighted by Gasteiger charge is 2.09. The van der Waals surface area contributed by atoms with Crippen molar-refractivity contribution in [2.24, 2.45) is 0 Å². The van der Waals surface area contributed by atoms with Gasteiger partial charge in [0.05, 0.1) is 6.20 Å². The molecule has 2 heterocycles. The van der Waals surface area contributed by atoms with Crippen LogP contribution in [0.5, 0.6) is 0 Å². The summed E-state index contributed by atoms with van der Waals surface area (Å²) in [5, 5.41) is 18.9. The van der Waals surface area contributed by atoms with Gasteiger partial charge in [-0.1, -0.05) is 24.3 Å². The maximum Gasteiger partial charge on any atom is 0.218 e. The minimum Gasteiger partial charge on any atom is -0.273 e. The van der Waals surface area contributed by atoms with Gasteiger partial charge in [0.2, 0.25) is 5.82 Å². The van der Waals surface area contributed by atoms with Crippen LogP contribution in [0.4, 0.5) is 0 Å². The number of imidazole rings is 1. The fourth-order valence-corrected chi connectivity index (χ4v) is 1.75. The van der Waals surface area contributed by atoms with E-state index in [1.165, 1.54) is 0 Å². The van der Waals surface area contributed by atoms with Gasteiger partial charge in [-0.3, -0.25) is 4.57 Å². The van der Waals surface area contributed by atoms with Gasteiger partial charge in [0.25, 0.3) is 0 Å². The van der Waals surface area contributed by atoms with Crippen LogP contribution in [0.1, 0.15) is 5.82 Å². The van der Waals surface area contributed by atoms with Gasteiger partial charge in [0.1, 0.15) is 6.07 Å². The van der Waals surface area contributed by atoms with Crippen molar-refractivity contribution in [1.82, 2.24) is 19.7 Å². The number of hydrogen-bond acceptors (Lipinski definition) is 4. The maximum absolute atomic E-state index is 8.96. The molecule has 0 atom stereocenters. The zero-order chi connectivity index (χ0) is 11.7. The Labute approximate surface area is 97.0 Å². The van der Waals surface area contributed by atoms with Gasteiger partial charge < -0.3 is 0 Å². The quantitative estimate of drug-likeness (QED) is 0.627. The molecule has 1 aromatic carbocycles. The predicted octanol–water partition coefficient (Wildman–Crippen LogP) is 1.69. The molecule has 0 aliphatic rings. The van der Waals surface area contributed by atoms with Crippen molar-refractivity contribution >= 4 is 10.8 Å². The van der Waals surface area contributed by atoms with Crippen molar-refractivity contribution in [2.45, 2.75) is 0 Å². The van der Waals surface area contributed by atoms with Crippen molar-refractivity contribution in [2.75, 3.05) is 0 Å². The van der Waals surface area contributed by atoms with E-state index in [1.807, 2.05) is 30.3 Å². The van der Waals surface area contributed by atoms with E-state index in [2.05, 4.69) is 15.2 Å². The van der Waals surface area contributed by atoms with Crippen molar-refractivity contribution in [3.05, 3.63) is 48.7 Å². The fraction of sp³-hybridized carbons (Fsp3) is 0. The van der Waals surface area contributed by atoms with Crippen LogP contribution in [0.15, 0.2) is 42.9 Å². The molecular weight excluding hydrogens is 214 g/mol. The Morgan fingerprint density at radius 1 is 1.24 bits per heavy atom. The average Bonchev–Trinajstić information content (AvgIpc) is 2.86. The van der Waals surface area contributed by atoms with Crippen LogP contribution in [-0.4, -0.2) is 19.7 Å². The summed E-state index contributed by atoms with van der Waals surface area (Å²) in [6, 6.07) is 9.79. The summed E-state index contributed by atoms with van der Waals surface area (Å²) in [4.78, 5) is 3.95. The smallest absolute Gasteiger partial charge is 0.218 e. The van der Waals surface area contributed by atoms with Crippen molar-refractivity contribution < 1.29 is 0 Å². The van der Waals surface area contributed by atoms with E-state index in [4.69, 9.17) is 5.26 Å². The van der Waals surface area contributed by atoms with Gasteiger partial charge in [-0.2, -0.15) is 10.4 Å². The first-order chi connectivity index (χ1) is 8.40. The molecule has 0 spiro atoms. The molecule has 0 N–H and O–H groups in total. The number of rotatable bonds is 1. The summed E-state index contributed by atoms with van der Waals surface area (Å²) in [6.45, 7) is 0. The first-order valence-electron chi connectivity index (χ1n) is 5.04. The third-order valence-electron chi connectivity index (χ3n) is 2.52. The first-order valence-corrected chi connectivity index (χ1v) is 5.04. The second kappa shape index (κ2) is 3.68. The van der Waals surface area contributed by atoms with E-state index < -0.39 is 0 Å². The van der Waals surface area contributed by atoms with Crippen LogP contribution in [-0.2, 0) is 0 Å². The number of benzene rings is 1. The van der Waals surface area contributed by atoms with Crippen molar-refractivity contribution in [1.29, 1.82) is 5.26 Å². The van der Waals surface area contributed by atoms with E-state index >= 15 is 0 Å². The topological polar surface area (TPSA) is 67.4 Å². The molecular formula is C12H7N5. The Morgan fingerprint density at radius 3 is 3.00 bits per heavy atom. The zero-order valence-corrected chi connectivity index (χ0v) is 8.78. The molecule has 0 amide bonds. The molecule has 2 aromatic heterocycles. The largest absolute Gasteiger partial charge is 0.273 e. The molecule has 0 radical (unpaired) electrons. The summed E-state index contributed by atoms with van der Waals surface area (Å²) in [7, 11) is 0. The first kappa shape index (κ1) is 9.48. The Hall–Kier alpha value is -2.74. The van der Waals surface area contributed by atoms with E-state index in [9.17, 15) is 0 Å². The van der Waals surface area contributed by atoms with Crippen molar-refractivity contribution in [3.63, 3.8) is 0 Å². The third kappa shape index (κ3) is 1.43. The molecule has 0 saturated heterocycles. The van der Waals surface area contributed by atoms with Gasteiger partial charge in [-0.05, 0) is 0 Å². The summed E-state index contributed by atoms with van der Waals surface area (Å²) in [6.07, 6.45) is 4.97. The Kier molecular flexibility index (Phi) is 2.06. The molecule has 0 bridgehead atoms.